The van der Waals surface area contributed by atoms with Gasteiger partial charge in [0.1, 0.15) is 13.2 Å². The van der Waals surface area contributed by atoms with Gasteiger partial charge in [-0.3, -0.25) is 13.8 Å². The van der Waals surface area contributed by atoms with Crippen LogP contribution in [0, 0.1) is 0 Å². The minimum absolute atomic E-state index is 0.0632. The van der Waals surface area contributed by atoms with Crippen molar-refractivity contribution in [2.24, 2.45) is 0 Å². The molecule has 9 heteroatoms. The highest BCUT2D eigenvalue weighted by atomic mass is 31.2. The largest absolute Gasteiger partial charge is 0.472 e. The van der Waals surface area contributed by atoms with Crippen LogP contribution >= 0.6 is 7.82 Å². The summed E-state index contributed by atoms with van der Waals surface area (Å²) >= 11 is 0. The molecular weight excluding hydrogens is 960 g/mol. The number of rotatable bonds is 61. The first-order valence-electron chi connectivity index (χ1n) is 33.0. The molecule has 0 aromatic heterocycles. The Morgan fingerprint density at radius 2 is 0.750 bits per heavy atom. The van der Waals surface area contributed by atoms with Gasteiger partial charge < -0.3 is 19.8 Å². The Labute approximate surface area is 473 Å². The molecule has 8 nitrogen and oxygen atoms in total. The lowest BCUT2D eigenvalue weighted by Crippen LogP contribution is -2.45. The van der Waals surface area contributed by atoms with Crippen LogP contribution in [-0.4, -0.2) is 73.4 Å². The number of carbonyl (C=O) groups excluding carboxylic acids is 1. The number of hydrogen-bond donors (Lipinski definition) is 3. The number of amides is 1. The number of aliphatic hydroxyl groups excluding tert-OH is 1. The van der Waals surface area contributed by atoms with Crippen LogP contribution < -0.4 is 5.32 Å². The molecule has 0 radical (unpaired) electrons. The zero-order valence-electron chi connectivity index (χ0n) is 51.3. The van der Waals surface area contributed by atoms with E-state index in [1.165, 1.54) is 250 Å². The van der Waals surface area contributed by atoms with Gasteiger partial charge in [0.15, 0.2) is 0 Å². The molecule has 0 aliphatic heterocycles. The van der Waals surface area contributed by atoms with E-state index in [9.17, 15) is 19.4 Å². The van der Waals surface area contributed by atoms with Gasteiger partial charge in [-0.1, -0.05) is 306 Å². The quantitative estimate of drug-likeness (QED) is 0.0243. The summed E-state index contributed by atoms with van der Waals surface area (Å²) in [6, 6.07) is -0.844. The number of phosphoric ester groups is 1. The van der Waals surface area contributed by atoms with Crippen molar-refractivity contribution < 1.29 is 32.9 Å². The molecule has 76 heavy (non-hydrogen) atoms. The minimum Gasteiger partial charge on any atom is -0.387 e. The summed E-state index contributed by atoms with van der Waals surface area (Å²) in [4.78, 5) is 23.3. The summed E-state index contributed by atoms with van der Waals surface area (Å²) in [6.07, 6.45) is 78.3. The predicted octanol–water partition coefficient (Wildman–Crippen LogP) is 20.7. The Morgan fingerprint density at radius 1 is 0.447 bits per heavy atom. The molecule has 0 heterocycles. The van der Waals surface area contributed by atoms with Crippen LogP contribution in [0.2, 0.25) is 0 Å². The third kappa shape index (κ3) is 60.1. The first-order valence-corrected chi connectivity index (χ1v) is 34.5. The summed E-state index contributed by atoms with van der Waals surface area (Å²) in [6.45, 7) is 4.83. The fourth-order valence-corrected chi connectivity index (χ4v) is 10.6. The van der Waals surface area contributed by atoms with Crippen molar-refractivity contribution >= 4 is 13.7 Å². The van der Waals surface area contributed by atoms with Crippen molar-refractivity contribution in [3.8, 4) is 0 Å². The van der Waals surface area contributed by atoms with Crippen LogP contribution in [0.15, 0.2) is 48.6 Å². The Bertz CT molecular complexity index is 1380. The van der Waals surface area contributed by atoms with E-state index in [0.29, 0.717) is 17.4 Å². The third-order valence-corrected chi connectivity index (χ3v) is 16.0. The fraction of sp³-hybridized carbons (Fsp3) is 0.866. The number of carbonyl (C=O) groups is 1. The average molecular weight is 1090 g/mol. The van der Waals surface area contributed by atoms with Crippen molar-refractivity contribution in [2.75, 3.05) is 40.9 Å². The molecule has 0 aliphatic rings. The van der Waals surface area contributed by atoms with Crippen LogP contribution in [0.1, 0.15) is 322 Å². The minimum atomic E-state index is -4.34. The Hall–Kier alpha value is -1.54. The number of unbranched alkanes of at least 4 members (excludes halogenated alkanes) is 42. The van der Waals surface area contributed by atoms with E-state index in [1.807, 2.05) is 27.2 Å². The number of likely N-dealkylation sites (N-methyl/N-ethyl adjacent to an activating group) is 1. The second-order valence-corrected chi connectivity index (χ2v) is 25.3. The molecule has 0 saturated carbocycles. The molecule has 0 bridgehead atoms. The predicted molar refractivity (Wildman–Crippen MR) is 332 cm³/mol. The van der Waals surface area contributed by atoms with Gasteiger partial charge in [0.25, 0.3) is 0 Å². The van der Waals surface area contributed by atoms with Gasteiger partial charge in [0.05, 0.1) is 39.9 Å². The van der Waals surface area contributed by atoms with E-state index in [2.05, 4.69) is 55.6 Å². The number of hydrogen-bond acceptors (Lipinski definition) is 5. The van der Waals surface area contributed by atoms with Crippen LogP contribution in [0.25, 0.3) is 0 Å². The Balaban J connectivity index is 3.84. The number of nitrogens with zero attached hydrogens (tertiary/aromatic N) is 1. The summed E-state index contributed by atoms with van der Waals surface area (Å²) in [5.74, 6) is -0.172. The molecule has 3 atom stereocenters. The maximum absolute atomic E-state index is 13.0. The lowest BCUT2D eigenvalue weighted by atomic mass is 10.0. The van der Waals surface area contributed by atoms with E-state index in [-0.39, 0.29) is 19.1 Å². The molecule has 3 unspecified atom stereocenters. The molecular formula is C67H130N2O6P+. The highest BCUT2D eigenvalue weighted by molar-refractivity contribution is 7.47. The average Bonchev–Trinajstić information content (AvgIpc) is 3.38. The second-order valence-electron chi connectivity index (χ2n) is 23.8. The van der Waals surface area contributed by atoms with Crippen molar-refractivity contribution in [3.63, 3.8) is 0 Å². The smallest absolute Gasteiger partial charge is 0.387 e. The lowest BCUT2D eigenvalue weighted by Gasteiger charge is -2.25. The van der Waals surface area contributed by atoms with Crippen molar-refractivity contribution in [1.82, 2.24) is 5.32 Å². The van der Waals surface area contributed by atoms with Gasteiger partial charge in [-0.25, -0.2) is 4.57 Å². The molecule has 0 saturated heterocycles. The summed E-state index contributed by atoms with van der Waals surface area (Å²) in [5.41, 5.74) is 0. The van der Waals surface area contributed by atoms with E-state index in [4.69, 9.17) is 9.05 Å². The number of phosphoric acid groups is 1. The normalized spacial score (nSPS) is 14.0. The van der Waals surface area contributed by atoms with Gasteiger partial charge >= 0.3 is 7.82 Å². The third-order valence-electron chi connectivity index (χ3n) is 15.0. The topological polar surface area (TPSA) is 105 Å². The second kappa shape index (κ2) is 58.1. The number of allylic oxidation sites excluding steroid dienone is 7. The van der Waals surface area contributed by atoms with Gasteiger partial charge in [-0.2, -0.15) is 0 Å². The highest BCUT2D eigenvalue weighted by Gasteiger charge is 2.28. The zero-order valence-corrected chi connectivity index (χ0v) is 52.2. The first kappa shape index (κ1) is 74.5. The van der Waals surface area contributed by atoms with E-state index < -0.39 is 20.0 Å². The molecule has 0 aliphatic carbocycles. The van der Waals surface area contributed by atoms with Crippen LogP contribution in [0.5, 0.6) is 0 Å². The monoisotopic (exact) mass is 1090 g/mol. The van der Waals surface area contributed by atoms with Crippen molar-refractivity contribution in [2.45, 2.75) is 334 Å². The lowest BCUT2D eigenvalue weighted by molar-refractivity contribution is -0.870. The van der Waals surface area contributed by atoms with Gasteiger partial charge in [-0.05, 0) is 57.8 Å². The SMILES string of the molecule is CCCCCCC/C=C\C/C=C\C/C=C\CCCCCCCCCCCCCCCCCCCCCCCCCCCCC(=O)NC(COP(=O)(O)OCC[N+](C)(C)C)C(O)/C=C/CCCCCCCCCCCCC. The number of quaternary nitrogens is 1. The highest BCUT2D eigenvalue weighted by Crippen LogP contribution is 2.43. The van der Waals surface area contributed by atoms with Gasteiger partial charge in [0.2, 0.25) is 5.91 Å². The molecule has 0 aromatic rings. The molecule has 0 spiro atoms. The van der Waals surface area contributed by atoms with Crippen LogP contribution in [0.4, 0.5) is 0 Å². The van der Waals surface area contributed by atoms with E-state index >= 15 is 0 Å². The van der Waals surface area contributed by atoms with E-state index in [0.717, 1.165) is 51.4 Å². The summed E-state index contributed by atoms with van der Waals surface area (Å²) in [7, 11) is 1.58. The summed E-state index contributed by atoms with van der Waals surface area (Å²) in [5, 5.41) is 13.9. The van der Waals surface area contributed by atoms with Crippen LogP contribution in [-0.2, 0) is 18.4 Å². The van der Waals surface area contributed by atoms with Crippen molar-refractivity contribution in [1.29, 1.82) is 0 Å². The van der Waals surface area contributed by atoms with Gasteiger partial charge in [-0.15, -0.1) is 0 Å². The Kier molecular flexibility index (Phi) is 56.9. The molecule has 0 aromatic carbocycles. The van der Waals surface area contributed by atoms with Gasteiger partial charge in [0, 0.05) is 6.42 Å². The Morgan fingerprint density at radius 3 is 1.09 bits per heavy atom. The zero-order chi connectivity index (χ0) is 55.6. The molecule has 0 rings (SSSR count). The maximum Gasteiger partial charge on any atom is 0.472 e. The number of aliphatic hydroxyl groups is 1. The first-order chi connectivity index (χ1) is 37.0. The van der Waals surface area contributed by atoms with Crippen LogP contribution in [0.3, 0.4) is 0 Å². The fourth-order valence-electron chi connectivity index (χ4n) is 9.88. The van der Waals surface area contributed by atoms with Crippen molar-refractivity contribution in [3.05, 3.63) is 48.6 Å². The molecule has 448 valence electrons. The maximum atomic E-state index is 13.0. The number of nitrogens with one attached hydrogen (secondary N) is 1. The van der Waals surface area contributed by atoms with E-state index in [1.54, 1.807) is 6.08 Å². The molecule has 0 fully saturated rings. The molecule has 1 amide bonds. The molecule has 3 N–H and O–H groups in total. The summed E-state index contributed by atoms with van der Waals surface area (Å²) < 4.78 is 23.7. The standard InChI is InChI=1S/C67H129N2O6P/c1-6-8-10-12-14-16-18-20-21-22-23-24-25-26-27-28-29-30-31-32-33-34-35-36-37-38-39-40-41-42-43-44-45-46-47-49-51-53-55-57-59-61-67(71)68-65(64-75-76(72,73)74-63-62-69(3,4)5)66(70)60-58-56-54-52-50-48-19-17-15-13-11-9-7-2/h18,20,22-23,25-26,58,60,65-66,70H,6-17,19,21,24,27-57,59,61-64H2,1-5H3,(H-,68,71,72,73)/p+1/b20-18-,23-22-,26-25-,60-58+.